The molecular weight excluding hydrogens is 829 g/mol. The van der Waals surface area contributed by atoms with Crippen LogP contribution in [-0.4, -0.2) is 10.2 Å². The van der Waals surface area contributed by atoms with Gasteiger partial charge in [0.05, 0.1) is 0 Å². The van der Waals surface area contributed by atoms with Gasteiger partial charge in [0.1, 0.15) is 0 Å². The molecule has 9 aromatic carbocycles. The molecule has 10 rings (SSSR count). The van der Waals surface area contributed by atoms with Crippen molar-refractivity contribution in [2.24, 2.45) is 0 Å². The van der Waals surface area contributed by atoms with E-state index in [-0.39, 0.29) is 5.41 Å². The molecule has 1 aromatic heterocycles. The summed E-state index contributed by atoms with van der Waals surface area (Å²) in [4.78, 5) is 4.62. The summed E-state index contributed by atoms with van der Waals surface area (Å²) in [5.74, 6) is 1.02. The molecule has 10 aromatic rings. The van der Waals surface area contributed by atoms with Gasteiger partial charge in [-0.25, -0.2) is 0 Å². The second-order valence-electron chi connectivity index (χ2n) is 18.1. The highest BCUT2D eigenvalue weighted by Gasteiger charge is 2.17. The molecule has 0 amide bonds. The van der Waals surface area contributed by atoms with E-state index in [1.807, 2.05) is 24.3 Å². The van der Waals surface area contributed by atoms with Crippen LogP contribution in [0.4, 0.5) is 34.1 Å². The first kappa shape index (κ1) is 43.4. The number of hydrogen-bond donors (Lipinski definition) is 0. The van der Waals surface area contributed by atoms with E-state index in [4.69, 9.17) is 4.42 Å². The molecule has 68 heavy (non-hydrogen) atoms. The number of benzene rings is 9. The summed E-state index contributed by atoms with van der Waals surface area (Å²) in [6, 6.07) is 81.4. The number of nitrogens with zero attached hydrogens (tertiary/aromatic N) is 4. The van der Waals surface area contributed by atoms with Crippen molar-refractivity contribution >= 4 is 46.3 Å². The van der Waals surface area contributed by atoms with E-state index in [9.17, 15) is 0 Å². The largest absolute Gasteiger partial charge is 0.416 e. The van der Waals surface area contributed by atoms with Crippen molar-refractivity contribution in [1.82, 2.24) is 10.2 Å². The van der Waals surface area contributed by atoms with Crippen molar-refractivity contribution in [3.05, 3.63) is 253 Å². The third kappa shape index (κ3) is 9.69. The van der Waals surface area contributed by atoms with Gasteiger partial charge in [0.2, 0.25) is 11.8 Å². The van der Waals surface area contributed by atoms with Gasteiger partial charge in [-0.1, -0.05) is 166 Å². The Balaban J connectivity index is 0.832. The fourth-order valence-corrected chi connectivity index (χ4v) is 8.54. The van der Waals surface area contributed by atoms with Gasteiger partial charge in [-0.2, -0.15) is 0 Å². The monoisotopic (exact) mass is 880 g/mol. The molecule has 0 atom stereocenters. The molecule has 1 heterocycles. The minimum absolute atomic E-state index is 0.0832. The first-order valence-electron chi connectivity index (χ1n) is 23.1. The van der Waals surface area contributed by atoms with Crippen LogP contribution in [-0.2, 0) is 5.41 Å². The number of hydrogen-bond acceptors (Lipinski definition) is 5. The maximum absolute atomic E-state index is 6.09. The van der Waals surface area contributed by atoms with Crippen molar-refractivity contribution in [3.8, 4) is 45.2 Å². The summed E-state index contributed by atoms with van der Waals surface area (Å²) in [6.45, 7) is 8.76. The Morgan fingerprint density at radius 1 is 0.353 bits per heavy atom. The van der Waals surface area contributed by atoms with Crippen LogP contribution in [0.3, 0.4) is 0 Å². The minimum Gasteiger partial charge on any atom is -0.416 e. The summed E-state index contributed by atoms with van der Waals surface area (Å²) in [5.41, 5.74) is 17.8. The van der Waals surface area contributed by atoms with Crippen molar-refractivity contribution in [1.29, 1.82) is 0 Å². The summed E-state index contributed by atoms with van der Waals surface area (Å²) in [7, 11) is 0. The second-order valence-corrected chi connectivity index (χ2v) is 18.1. The molecule has 0 aliphatic carbocycles. The Labute approximate surface area is 400 Å². The van der Waals surface area contributed by atoms with Crippen molar-refractivity contribution in [2.45, 2.75) is 33.1 Å². The first-order chi connectivity index (χ1) is 33.2. The van der Waals surface area contributed by atoms with E-state index in [2.05, 4.69) is 266 Å². The predicted molar refractivity (Wildman–Crippen MR) is 284 cm³/mol. The predicted octanol–water partition coefficient (Wildman–Crippen LogP) is 17.5. The fraction of sp³-hybridized carbons (Fsp3) is 0.0794. The van der Waals surface area contributed by atoms with Gasteiger partial charge < -0.3 is 14.2 Å². The number of anilines is 6. The molecule has 330 valence electrons. The molecule has 0 fully saturated rings. The van der Waals surface area contributed by atoms with Gasteiger partial charge in [-0.05, 0) is 154 Å². The van der Waals surface area contributed by atoms with Crippen LogP contribution in [0.25, 0.3) is 57.3 Å². The Kier molecular flexibility index (Phi) is 12.2. The zero-order valence-corrected chi connectivity index (χ0v) is 38.8. The molecule has 0 unspecified atom stereocenters. The van der Waals surface area contributed by atoms with E-state index in [0.29, 0.717) is 11.8 Å². The Morgan fingerprint density at radius 3 is 1.22 bits per heavy atom. The third-order valence-corrected chi connectivity index (χ3v) is 12.3. The van der Waals surface area contributed by atoms with Gasteiger partial charge in [-0.3, -0.25) is 0 Å². The SMILES string of the molecule is Cc1cccc(N(c2ccccc2)c2ccc(-c3ccc(N(c4ccccc4)c4cccc(C=Cc5ccc(-c6ccc(-c7nnc(-c8ccc(C(C)(C)C)cc8)o7)cc6)cc5)c4)cc3)cc2)c1. The normalized spacial score (nSPS) is 11.5. The highest BCUT2D eigenvalue weighted by atomic mass is 16.4. The molecule has 0 radical (unpaired) electrons. The third-order valence-electron chi connectivity index (χ3n) is 12.3. The number of rotatable bonds is 12. The van der Waals surface area contributed by atoms with E-state index < -0.39 is 0 Å². The van der Waals surface area contributed by atoms with Crippen molar-refractivity contribution < 1.29 is 4.42 Å². The number of para-hydroxylation sites is 2. The van der Waals surface area contributed by atoms with Gasteiger partial charge >= 0.3 is 0 Å². The maximum Gasteiger partial charge on any atom is 0.248 e. The average Bonchev–Trinajstić information content (AvgIpc) is 3.88. The summed E-state index contributed by atoms with van der Waals surface area (Å²) < 4.78 is 6.09. The Hall–Kier alpha value is -8.54. The molecular formula is C63H52N4O. The fourth-order valence-electron chi connectivity index (χ4n) is 8.54. The number of aromatic nitrogens is 2. The van der Waals surface area contributed by atoms with Gasteiger partial charge in [-0.15, -0.1) is 10.2 Å². The van der Waals surface area contributed by atoms with Gasteiger partial charge in [0, 0.05) is 45.3 Å². The van der Waals surface area contributed by atoms with Crippen LogP contribution in [0.2, 0.25) is 0 Å². The minimum atomic E-state index is 0.0832. The van der Waals surface area contributed by atoms with Gasteiger partial charge in [0.25, 0.3) is 0 Å². The maximum atomic E-state index is 6.09. The van der Waals surface area contributed by atoms with Crippen LogP contribution in [0.1, 0.15) is 43.0 Å². The molecule has 0 bridgehead atoms. The summed E-state index contributed by atoms with van der Waals surface area (Å²) in [5, 5.41) is 8.68. The lowest BCUT2D eigenvalue weighted by Gasteiger charge is -2.26. The molecule has 5 heteroatoms. The van der Waals surface area contributed by atoms with Crippen LogP contribution in [0.15, 0.2) is 235 Å². The zero-order valence-electron chi connectivity index (χ0n) is 38.8. The molecule has 0 saturated carbocycles. The topological polar surface area (TPSA) is 45.4 Å². The lowest BCUT2D eigenvalue weighted by atomic mass is 9.87. The standard InChI is InChI=1S/C63H52N4O/c1-45-13-11-19-59(43-45)66(55-15-7-5-8-16-55)57-39-33-50(34-40-57)51-35-41-58(42-36-51)67(56-17-9-6-10-18-56)60-20-12-14-47(44-60)22-21-46-23-25-48(26-24-46)49-27-29-52(30-28-49)61-64-65-62(68-61)53-31-37-54(38-32-53)63(2,3)4/h5-44H,1-4H3. The second kappa shape index (κ2) is 19.1. The lowest BCUT2D eigenvalue weighted by Crippen LogP contribution is -2.10. The van der Waals surface area contributed by atoms with E-state index in [0.717, 1.165) is 78.6 Å². The van der Waals surface area contributed by atoms with Crippen LogP contribution >= 0.6 is 0 Å². The van der Waals surface area contributed by atoms with Crippen molar-refractivity contribution in [2.75, 3.05) is 9.80 Å². The van der Waals surface area contributed by atoms with E-state index >= 15 is 0 Å². The molecule has 0 saturated heterocycles. The highest BCUT2D eigenvalue weighted by molar-refractivity contribution is 5.82. The number of aryl methyl sites for hydroxylation is 1. The Bertz CT molecular complexity index is 3280. The van der Waals surface area contributed by atoms with Crippen LogP contribution in [0, 0.1) is 6.92 Å². The van der Waals surface area contributed by atoms with E-state index in [1.165, 1.54) is 11.1 Å². The van der Waals surface area contributed by atoms with Crippen LogP contribution in [0.5, 0.6) is 0 Å². The summed E-state index contributed by atoms with van der Waals surface area (Å²) >= 11 is 0. The Morgan fingerprint density at radius 2 is 0.735 bits per heavy atom. The van der Waals surface area contributed by atoms with E-state index in [1.54, 1.807) is 0 Å². The lowest BCUT2D eigenvalue weighted by molar-refractivity contribution is 0.582. The quantitative estimate of drug-likeness (QED) is 0.114. The molecule has 0 aliphatic heterocycles. The van der Waals surface area contributed by atoms with Crippen LogP contribution < -0.4 is 9.80 Å². The van der Waals surface area contributed by atoms with Crippen molar-refractivity contribution in [3.63, 3.8) is 0 Å². The zero-order chi connectivity index (χ0) is 46.5. The summed E-state index contributed by atoms with van der Waals surface area (Å²) in [6.07, 6.45) is 4.35. The highest BCUT2D eigenvalue weighted by Crippen LogP contribution is 2.39. The molecule has 0 spiro atoms. The first-order valence-corrected chi connectivity index (χ1v) is 23.1. The molecule has 0 aliphatic rings. The molecule has 5 nitrogen and oxygen atoms in total. The van der Waals surface area contributed by atoms with Gasteiger partial charge in [0.15, 0.2) is 0 Å². The average molecular weight is 881 g/mol. The smallest absolute Gasteiger partial charge is 0.248 e. The molecule has 0 N–H and O–H groups in total.